The van der Waals surface area contributed by atoms with Crippen molar-refractivity contribution in [2.45, 2.75) is 13.3 Å². The maximum atomic E-state index is 5.42. The molecule has 2 aromatic heterocycles. The molecule has 0 aliphatic rings. The number of hydrogen-bond acceptors (Lipinski definition) is 7. The molecule has 0 fully saturated rings. The highest BCUT2D eigenvalue weighted by Gasteiger charge is 2.03. The zero-order valence-electron chi connectivity index (χ0n) is 9.75. The van der Waals surface area contributed by atoms with E-state index in [0.29, 0.717) is 36.2 Å². The van der Waals surface area contributed by atoms with Gasteiger partial charge in [0.2, 0.25) is 5.89 Å². The number of nitrogens with one attached hydrogen (secondary N) is 1. The fourth-order valence-corrected chi connectivity index (χ4v) is 1.39. The molecule has 0 radical (unpaired) electrons. The van der Waals surface area contributed by atoms with Gasteiger partial charge in [0, 0.05) is 13.0 Å². The van der Waals surface area contributed by atoms with E-state index >= 15 is 0 Å². The van der Waals surface area contributed by atoms with Gasteiger partial charge in [-0.05, 0) is 6.92 Å². The van der Waals surface area contributed by atoms with Gasteiger partial charge in [0.1, 0.15) is 16.5 Å². The minimum atomic E-state index is 0.232. The van der Waals surface area contributed by atoms with Crippen molar-refractivity contribution in [3.05, 3.63) is 29.8 Å². The van der Waals surface area contributed by atoms with Crippen molar-refractivity contribution in [3.8, 4) is 0 Å². The molecule has 0 aromatic carbocycles. The van der Waals surface area contributed by atoms with Gasteiger partial charge < -0.3 is 15.6 Å². The van der Waals surface area contributed by atoms with Gasteiger partial charge in [0.05, 0.1) is 12.4 Å². The lowest BCUT2D eigenvalue weighted by Crippen LogP contribution is -2.13. The van der Waals surface area contributed by atoms with E-state index in [1.165, 1.54) is 6.20 Å². The number of hydrogen-bond donors (Lipinski definition) is 2. The van der Waals surface area contributed by atoms with Gasteiger partial charge in [-0.3, -0.25) is 0 Å². The molecular weight excluding hydrogens is 252 g/mol. The smallest absolute Gasteiger partial charge is 0.228 e. The van der Waals surface area contributed by atoms with Crippen molar-refractivity contribution in [3.63, 3.8) is 0 Å². The molecule has 0 unspecified atom stereocenters. The molecule has 0 saturated carbocycles. The van der Waals surface area contributed by atoms with Crippen LogP contribution < -0.4 is 11.1 Å². The van der Waals surface area contributed by atoms with Crippen molar-refractivity contribution in [2.75, 3.05) is 11.9 Å². The largest absolute Gasteiger partial charge is 0.388 e. The first kappa shape index (κ1) is 12.4. The summed E-state index contributed by atoms with van der Waals surface area (Å²) in [5, 5.41) is 6.79. The Morgan fingerprint density at radius 3 is 2.83 bits per heavy atom. The standard InChI is InChI=1S/C10H12N6OS/c1-6-15-9(17-16-6)2-3-12-8-5-13-7(4-14-8)10(11)18/h4-5H,2-3H2,1H3,(H2,11,18)(H,12,14). The average molecular weight is 264 g/mol. The van der Waals surface area contributed by atoms with E-state index in [1.54, 1.807) is 13.1 Å². The van der Waals surface area contributed by atoms with Crippen LogP contribution in [0.15, 0.2) is 16.9 Å². The second-order valence-corrected chi connectivity index (χ2v) is 4.00. The van der Waals surface area contributed by atoms with Crippen molar-refractivity contribution in [1.82, 2.24) is 20.1 Å². The molecule has 0 bridgehead atoms. The molecular formula is C10H12N6OS. The molecule has 2 rings (SSSR count). The normalized spacial score (nSPS) is 10.3. The molecule has 0 amide bonds. The summed E-state index contributed by atoms with van der Waals surface area (Å²) in [6.45, 7) is 2.41. The van der Waals surface area contributed by atoms with Crippen LogP contribution >= 0.6 is 12.2 Å². The summed E-state index contributed by atoms with van der Waals surface area (Å²) in [6.07, 6.45) is 3.73. The van der Waals surface area contributed by atoms with Gasteiger partial charge in [-0.2, -0.15) is 4.98 Å². The fraction of sp³-hybridized carbons (Fsp3) is 0.300. The van der Waals surface area contributed by atoms with E-state index in [-0.39, 0.29) is 4.99 Å². The molecule has 0 spiro atoms. The predicted octanol–water partition coefficient (Wildman–Crippen LogP) is 0.457. The summed E-state index contributed by atoms with van der Waals surface area (Å²) in [5.41, 5.74) is 5.93. The number of nitrogens with two attached hydrogens (primary N) is 1. The quantitative estimate of drug-likeness (QED) is 0.751. The Labute approximate surface area is 109 Å². The minimum absolute atomic E-state index is 0.232. The van der Waals surface area contributed by atoms with E-state index in [1.807, 2.05) is 0 Å². The molecule has 0 atom stereocenters. The Bertz CT molecular complexity index is 538. The highest BCUT2D eigenvalue weighted by atomic mass is 32.1. The van der Waals surface area contributed by atoms with Crippen molar-refractivity contribution < 1.29 is 4.52 Å². The molecule has 2 heterocycles. The van der Waals surface area contributed by atoms with E-state index in [9.17, 15) is 0 Å². The Hall–Kier alpha value is -2.09. The predicted molar refractivity (Wildman–Crippen MR) is 69.1 cm³/mol. The summed E-state index contributed by atoms with van der Waals surface area (Å²) >= 11 is 4.79. The van der Waals surface area contributed by atoms with Crippen LogP contribution in [-0.2, 0) is 6.42 Å². The van der Waals surface area contributed by atoms with E-state index in [4.69, 9.17) is 22.5 Å². The van der Waals surface area contributed by atoms with Crippen LogP contribution in [0.25, 0.3) is 0 Å². The molecule has 8 heteroatoms. The highest BCUT2D eigenvalue weighted by molar-refractivity contribution is 7.80. The van der Waals surface area contributed by atoms with E-state index in [0.717, 1.165) is 0 Å². The number of anilines is 1. The van der Waals surface area contributed by atoms with Gasteiger partial charge >= 0.3 is 0 Å². The zero-order chi connectivity index (χ0) is 13.0. The molecule has 0 saturated heterocycles. The lowest BCUT2D eigenvalue weighted by Gasteiger charge is -2.03. The number of thiocarbonyl (C=S) groups is 1. The minimum Gasteiger partial charge on any atom is -0.388 e. The van der Waals surface area contributed by atoms with Crippen LogP contribution in [0.1, 0.15) is 17.4 Å². The molecule has 94 valence electrons. The Balaban J connectivity index is 1.85. The second-order valence-electron chi connectivity index (χ2n) is 3.56. The van der Waals surface area contributed by atoms with Crippen molar-refractivity contribution in [2.24, 2.45) is 5.73 Å². The van der Waals surface area contributed by atoms with Gasteiger partial charge in [-0.1, -0.05) is 17.4 Å². The average Bonchev–Trinajstić information content (AvgIpc) is 2.76. The number of aromatic nitrogens is 4. The monoisotopic (exact) mass is 264 g/mol. The highest BCUT2D eigenvalue weighted by Crippen LogP contribution is 2.02. The van der Waals surface area contributed by atoms with E-state index < -0.39 is 0 Å². The lowest BCUT2D eigenvalue weighted by atomic mass is 10.4. The van der Waals surface area contributed by atoms with Gasteiger partial charge in [0.15, 0.2) is 5.82 Å². The zero-order valence-corrected chi connectivity index (χ0v) is 10.6. The third kappa shape index (κ3) is 3.20. The molecule has 2 aromatic rings. The van der Waals surface area contributed by atoms with E-state index in [2.05, 4.69) is 25.4 Å². The van der Waals surface area contributed by atoms with Crippen LogP contribution in [-0.4, -0.2) is 31.6 Å². The first-order valence-corrected chi connectivity index (χ1v) is 5.71. The number of nitrogens with zero attached hydrogens (tertiary/aromatic N) is 4. The van der Waals surface area contributed by atoms with Gasteiger partial charge in [-0.15, -0.1) is 0 Å². The first-order chi connectivity index (χ1) is 8.65. The maximum Gasteiger partial charge on any atom is 0.228 e. The number of rotatable bonds is 5. The Kier molecular flexibility index (Phi) is 3.78. The Morgan fingerprint density at radius 1 is 1.44 bits per heavy atom. The van der Waals surface area contributed by atoms with Crippen molar-refractivity contribution in [1.29, 1.82) is 0 Å². The third-order valence-corrected chi connectivity index (χ3v) is 2.33. The topological polar surface area (TPSA) is 103 Å². The summed E-state index contributed by atoms with van der Waals surface area (Å²) in [4.78, 5) is 12.5. The van der Waals surface area contributed by atoms with Gasteiger partial charge in [0.25, 0.3) is 0 Å². The summed E-state index contributed by atoms with van der Waals surface area (Å²) < 4.78 is 4.98. The van der Waals surface area contributed by atoms with Crippen LogP contribution in [0.3, 0.4) is 0 Å². The van der Waals surface area contributed by atoms with Crippen LogP contribution in [0.5, 0.6) is 0 Å². The first-order valence-electron chi connectivity index (χ1n) is 5.30. The van der Waals surface area contributed by atoms with Crippen LogP contribution in [0.2, 0.25) is 0 Å². The third-order valence-electron chi connectivity index (χ3n) is 2.12. The summed E-state index contributed by atoms with van der Waals surface area (Å²) in [6, 6.07) is 0. The van der Waals surface area contributed by atoms with Crippen LogP contribution in [0.4, 0.5) is 5.82 Å². The second kappa shape index (κ2) is 5.50. The molecule has 18 heavy (non-hydrogen) atoms. The fourth-order valence-electron chi connectivity index (χ4n) is 1.29. The summed E-state index contributed by atoms with van der Waals surface area (Å²) in [5.74, 6) is 1.87. The Morgan fingerprint density at radius 2 is 2.28 bits per heavy atom. The molecule has 3 N–H and O–H groups in total. The van der Waals surface area contributed by atoms with Crippen LogP contribution in [0, 0.1) is 6.92 Å². The molecule has 7 nitrogen and oxygen atoms in total. The number of aryl methyl sites for hydroxylation is 1. The maximum absolute atomic E-state index is 5.42. The SMILES string of the molecule is Cc1noc(CCNc2cnc(C(N)=S)cn2)n1. The van der Waals surface area contributed by atoms with Crippen molar-refractivity contribution >= 4 is 23.0 Å². The van der Waals surface area contributed by atoms with Gasteiger partial charge in [-0.25, -0.2) is 9.97 Å². The molecule has 0 aliphatic carbocycles. The summed E-state index contributed by atoms with van der Waals surface area (Å²) in [7, 11) is 0. The molecule has 0 aliphatic heterocycles. The lowest BCUT2D eigenvalue weighted by molar-refractivity contribution is 0.377.